The third-order valence-corrected chi connectivity index (χ3v) is 6.58. The summed E-state index contributed by atoms with van der Waals surface area (Å²) < 4.78 is 4.19. The molecule has 2 fully saturated rings. The number of hydrogen-bond acceptors (Lipinski definition) is 4. The Balaban J connectivity index is 1.77. The maximum absolute atomic E-state index is 13.4. The monoisotopic (exact) mass is 400 g/mol. The van der Waals surface area contributed by atoms with Crippen molar-refractivity contribution in [3.63, 3.8) is 0 Å². The molecule has 1 atom stereocenters. The Morgan fingerprint density at radius 2 is 1.79 bits per heavy atom. The van der Waals surface area contributed by atoms with Gasteiger partial charge in [0, 0.05) is 12.5 Å². The van der Waals surface area contributed by atoms with E-state index in [2.05, 4.69) is 11.5 Å². The summed E-state index contributed by atoms with van der Waals surface area (Å²) in [4.78, 5) is 46.1. The number of ketones is 1. The van der Waals surface area contributed by atoms with E-state index in [1.165, 1.54) is 17.7 Å². The fraction of sp³-hybridized carbons (Fsp3) is 0.667. The Morgan fingerprint density at radius 1 is 1.17 bits per heavy atom. The molecule has 1 aromatic heterocycles. The SMILES string of the molecule is Cc1c(C)[n+]2c(n1C1CCCC1)N=C1C2C(=O)N(CC(=O)C(C)(C)C)C(=O)N1C. The van der Waals surface area contributed by atoms with Crippen molar-refractivity contribution in [1.29, 1.82) is 0 Å². The molecule has 1 aliphatic carbocycles. The Hall–Kier alpha value is -2.51. The highest BCUT2D eigenvalue weighted by Gasteiger charge is 2.55. The first-order valence-corrected chi connectivity index (χ1v) is 10.4. The zero-order chi connectivity index (χ0) is 21.2. The van der Waals surface area contributed by atoms with Gasteiger partial charge >= 0.3 is 12.0 Å². The van der Waals surface area contributed by atoms with Gasteiger partial charge in [0.2, 0.25) is 11.9 Å². The molecule has 0 spiro atoms. The van der Waals surface area contributed by atoms with E-state index in [1.54, 1.807) is 27.8 Å². The third-order valence-electron chi connectivity index (χ3n) is 6.58. The normalized spacial score (nSPS) is 22.3. The van der Waals surface area contributed by atoms with E-state index in [0.29, 0.717) is 11.9 Å². The lowest BCUT2D eigenvalue weighted by Gasteiger charge is -2.34. The molecule has 8 nitrogen and oxygen atoms in total. The summed E-state index contributed by atoms with van der Waals surface area (Å²) in [5.41, 5.74) is 1.47. The van der Waals surface area contributed by atoms with E-state index in [4.69, 9.17) is 4.99 Å². The van der Waals surface area contributed by atoms with Crippen LogP contribution in [0.5, 0.6) is 0 Å². The first kappa shape index (κ1) is 19.8. The molecule has 2 aliphatic heterocycles. The standard InChI is InChI=1S/C21H30N5O3/c1-12-13(2)26-16-17(22-19(26)25(12)14-9-7-8-10-14)23(6)20(29)24(18(16)28)11-15(27)21(3,4)5/h14,16H,7-11H2,1-6H3/q+1. The van der Waals surface area contributed by atoms with Gasteiger partial charge in [-0.15, -0.1) is 0 Å². The highest BCUT2D eigenvalue weighted by atomic mass is 16.2. The van der Waals surface area contributed by atoms with Crippen LogP contribution in [-0.4, -0.2) is 51.5 Å². The summed E-state index contributed by atoms with van der Waals surface area (Å²) in [6, 6.07) is -0.805. The van der Waals surface area contributed by atoms with Crippen LogP contribution in [0.1, 0.15) is 69.9 Å². The van der Waals surface area contributed by atoms with Gasteiger partial charge in [0.1, 0.15) is 11.4 Å². The number of hydrogen-bond donors (Lipinski definition) is 0. The van der Waals surface area contributed by atoms with Crippen LogP contribution in [0.15, 0.2) is 4.99 Å². The minimum absolute atomic E-state index is 0.146. The number of nitrogens with zero attached hydrogens (tertiary/aromatic N) is 5. The summed E-state index contributed by atoms with van der Waals surface area (Å²) in [6.45, 7) is 9.23. The molecule has 1 aromatic rings. The minimum Gasteiger partial charge on any atom is -0.297 e. The van der Waals surface area contributed by atoms with Gasteiger partial charge in [-0.05, 0) is 39.5 Å². The second kappa shape index (κ2) is 6.50. The summed E-state index contributed by atoms with van der Waals surface area (Å²) >= 11 is 0. The van der Waals surface area contributed by atoms with E-state index in [-0.39, 0.29) is 18.2 Å². The smallest absolute Gasteiger partial charge is 0.297 e. The largest absolute Gasteiger partial charge is 0.402 e. The molecule has 3 heterocycles. The van der Waals surface area contributed by atoms with E-state index < -0.39 is 17.5 Å². The van der Waals surface area contributed by atoms with Gasteiger partial charge in [-0.25, -0.2) is 13.9 Å². The molecular weight excluding hydrogens is 370 g/mol. The summed E-state index contributed by atoms with van der Waals surface area (Å²) in [6.07, 6.45) is 4.60. The fourth-order valence-corrected chi connectivity index (χ4v) is 4.59. The summed E-state index contributed by atoms with van der Waals surface area (Å²) in [5.74, 6) is 0.667. The van der Waals surface area contributed by atoms with Crippen LogP contribution in [0.25, 0.3) is 0 Å². The number of Topliss-reactive ketones (excluding diaryl/α,β-unsaturated/α-hetero) is 1. The summed E-state index contributed by atoms with van der Waals surface area (Å²) in [5, 5.41) is 0. The van der Waals surface area contributed by atoms with Crippen LogP contribution in [0.4, 0.5) is 10.7 Å². The van der Waals surface area contributed by atoms with E-state index in [0.717, 1.165) is 35.1 Å². The Labute approximate surface area is 171 Å². The van der Waals surface area contributed by atoms with Crippen molar-refractivity contribution < 1.29 is 19.0 Å². The zero-order valence-electron chi connectivity index (χ0n) is 18.2. The number of likely N-dealkylation sites (N-methyl/N-ethyl adjacent to an activating group) is 1. The highest BCUT2D eigenvalue weighted by Crippen LogP contribution is 2.38. The maximum atomic E-state index is 13.4. The average Bonchev–Trinajstić information content (AvgIpc) is 3.34. The van der Waals surface area contributed by atoms with E-state index in [9.17, 15) is 14.4 Å². The lowest BCUT2D eigenvalue weighted by molar-refractivity contribution is -0.683. The molecule has 156 valence electrons. The second-order valence-electron chi connectivity index (χ2n) is 9.46. The van der Waals surface area contributed by atoms with Crippen LogP contribution < -0.4 is 4.57 Å². The van der Waals surface area contributed by atoms with Crippen molar-refractivity contribution in [3.05, 3.63) is 11.4 Å². The average molecular weight is 401 g/mol. The molecule has 0 aromatic carbocycles. The van der Waals surface area contributed by atoms with Gasteiger partial charge < -0.3 is 0 Å². The number of aliphatic imine (C=N–C) groups is 1. The number of carbonyl (C=O) groups excluding carboxylic acids is 3. The Bertz CT molecular complexity index is 946. The van der Waals surface area contributed by atoms with Crippen LogP contribution in [0.2, 0.25) is 0 Å². The van der Waals surface area contributed by atoms with Crippen LogP contribution in [0, 0.1) is 19.3 Å². The first-order valence-electron chi connectivity index (χ1n) is 10.4. The van der Waals surface area contributed by atoms with Crippen LogP contribution in [0.3, 0.4) is 0 Å². The predicted molar refractivity (Wildman–Crippen MR) is 107 cm³/mol. The number of amidine groups is 1. The molecule has 3 amide bonds. The molecule has 1 unspecified atom stereocenters. The molecule has 0 N–H and O–H groups in total. The lowest BCUT2D eigenvalue weighted by Crippen LogP contribution is -2.64. The minimum atomic E-state index is -0.693. The van der Waals surface area contributed by atoms with Gasteiger partial charge in [-0.2, -0.15) is 0 Å². The van der Waals surface area contributed by atoms with Crippen molar-refractivity contribution in [2.24, 2.45) is 10.4 Å². The Morgan fingerprint density at radius 3 is 2.38 bits per heavy atom. The molecule has 0 radical (unpaired) electrons. The number of imidazole rings is 1. The quantitative estimate of drug-likeness (QED) is 0.732. The molecule has 29 heavy (non-hydrogen) atoms. The molecule has 1 saturated heterocycles. The molecule has 3 aliphatic rings. The van der Waals surface area contributed by atoms with Gasteiger partial charge in [0.15, 0.2) is 5.78 Å². The van der Waals surface area contributed by atoms with Crippen molar-refractivity contribution in [3.8, 4) is 0 Å². The number of aromatic nitrogens is 2. The van der Waals surface area contributed by atoms with Crippen LogP contribution in [-0.2, 0) is 9.59 Å². The number of rotatable bonds is 3. The Kier molecular flexibility index (Phi) is 4.44. The maximum Gasteiger partial charge on any atom is 0.402 e. The fourth-order valence-electron chi connectivity index (χ4n) is 4.59. The first-order chi connectivity index (χ1) is 13.5. The molecule has 1 saturated carbocycles. The second-order valence-corrected chi connectivity index (χ2v) is 9.46. The number of carbonyl (C=O) groups is 3. The number of fused-ring (bicyclic) bond motifs is 3. The van der Waals surface area contributed by atoms with Gasteiger partial charge in [-0.3, -0.25) is 19.4 Å². The number of amides is 3. The third kappa shape index (κ3) is 2.83. The number of urea groups is 1. The molecule has 0 bridgehead atoms. The molecule has 4 rings (SSSR count). The van der Waals surface area contributed by atoms with E-state index >= 15 is 0 Å². The van der Waals surface area contributed by atoms with Crippen molar-refractivity contribution in [1.82, 2.24) is 14.4 Å². The molecule has 8 heteroatoms. The van der Waals surface area contributed by atoms with Crippen molar-refractivity contribution >= 4 is 29.5 Å². The van der Waals surface area contributed by atoms with Crippen molar-refractivity contribution in [2.45, 2.75) is 72.4 Å². The summed E-state index contributed by atoms with van der Waals surface area (Å²) in [7, 11) is 1.63. The van der Waals surface area contributed by atoms with Crippen molar-refractivity contribution in [2.75, 3.05) is 13.6 Å². The van der Waals surface area contributed by atoms with Gasteiger partial charge in [0.05, 0.1) is 12.6 Å². The number of imide groups is 1. The topological polar surface area (TPSA) is 78.9 Å². The molecular formula is C21H30N5O3+. The predicted octanol–water partition coefficient (Wildman–Crippen LogP) is 2.60. The van der Waals surface area contributed by atoms with Gasteiger partial charge in [0.25, 0.3) is 5.91 Å². The lowest BCUT2D eigenvalue weighted by atomic mass is 9.90. The highest BCUT2D eigenvalue weighted by molar-refractivity contribution is 6.20. The van der Waals surface area contributed by atoms with Crippen LogP contribution >= 0.6 is 0 Å². The zero-order valence-corrected chi connectivity index (χ0v) is 18.2. The van der Waals surface area contributed by atoms with Gasteiger partial charge in [-0.1, -0.05) is 25.8 Å². The van der Waals surface area contributed by atoms with E-state index in [1.807, 2.05) is 11.5 Å².